The Bertz CT molecular complexity index is 401. The summed E-state index contributed by atoms with van der Waals surface area (Å²) < 4.78 is 10.6. The monoisotopic (exact) mass is 190 g/mol. The zero-order chi connectivity index (χ0) is 9.38. The van der Waals surface area contributed by atoms with Crippen LogP contribution in [0.5, 0.6) is 11.5 Å². The lowest BCUT2D eigenvalue weighted by Crippen LogP contribution is -2.07. The van der Waals surface area contributed by atoms with Crippen molar-refractivity contribution in [1.82, 2.24) is 5.43 Å². The van der Waals surface area contributed by atoms with Crippen LogP contribution in [0.15, 0.2) is 17.2 Å². The summed E-state index contributed by atoms with van der Waals surface area (Å²) in [5, 5.41) is 4.07. The first-order valence-corrected chi connectivity index (χ1v) is 4.62. The number of fused-ring (bicyclic) bond motifs is 2. The molecule has 0 aromatic heterocycles. The van der Waals surface area contributed by atoms with Gasteiger partial charge in [-0.25, -0.2) is 0 Å². The van der Waals surface area contributed by atoms with Gasteiger partial charge in [-0.2, -0.15) is 5.10 Å². The number of benzene rings is 1. The SMILES string of the molecule is C1=NNCCc2cc3c(cc21)OCO3. The van der Waals surface area contributed by atoms with E-state index in [1.54, 1.807) is 0 Å². The van der Waals surface area contributed by atoms with Gasteiger partial charge in [0.05, 0.1) is 6.21 Å². The molecule has 72 valence electrons. The van der Waals surface area contributed by atoms with Gasteiger partial charge in [0.1, 0.15) is 0 Å². The summed E-state index contributed by atoms with van der Waals surface area (Å²) in [6.07, 6.45) is 2.79. The number of hydrogen-bond donors (Lipinski definition) is 1. The average Bonchev–Trinajstić information content (AvgIpc) is 2.51. The van der Waals surface area contributed by atoms with E-state index in [0.29, 0.717) is 6.79 Å². The summed E-state index contributed by atoms with van der Waals surface area (Å²) in [4.78, 5) is 0. The molecule has 0 radical (unpaired) electrons. The second kappa shape index (κ2) is 2.90. The predicted octanol–water partition coefficient (Wildman–Crippen LogP) is 0.895. The molecule has 0 spiro atoms. The highest BCUT2D eigenvalue weighted by atomic mass is 16.7. The summed E-state index contributed by atoms with van der Waals surface area (Å²) in [6, 6.07) is 4.02. The van der Waals surface area contributed by atoms with E-state index in [1.807, 2.05) is 18.3 Å². The van der Waals surface area contributed by atoms with Gasteiger partial charge >= 0.3 is 0 Å². The number of hydrazone groups is 1. The third-order valence-electron chi connectivity index (χ3n) is 2.44. The predicted molar refractivity (Wildman–Crippen MR) is 51.9 cm³/mol. The van der Waals surface area contributed by atoms with Crippen molar-refractivity contribution in [3.63, 3.8) is 0 Å². The molecule has 0 saturated heterocycles. The van der Waals surface area contributed by atoms with E-state index in [2.05, 4.69) is 10.5 Å². The van der Waals surface area contributed by atoms with Crippen LogP contribution < -0.4 is 14.9 Å². The van der Waals surface area contributed by atoms with Crippen molar-refractivity contribution in [1.29, 1.82) is 0 Å². The molecule has 0 amide bonds. The van der Waals surface area contributed by atoms with Crippen LogP contribution in [0.1, 0.15) is 11.1 Å². The quantitative estimate of drug-likeness (QED) is 0.660. The lowest BCUT2D eigenvalue weighted by atomic mass is 10.0. The van der Waals surface area contributed by atoms with E-state index in [9.17, 15) is 0 Å². The van der Waals surface area contributed by atoms with Crippen molar-refractivity contribution in [3.05, 3.63) is 23.3 Å². The molecule has 0 bridgehead atoms. The van der Waals surface area contributed by atoms with E-state index < -0.39 is 0 Å². The van der Waals surface area contributed by atoms with Crippen molar-refractivity contribution in [2.75, 3.05) is 13.3 Å². The molecule has 0 atom stereocenters. The maximum Gasteiger partial charge on any atom is 0.231 e. The summed E-state index contributed by atoms with van der Waals surface area (Å²) in [6.45, 7) is 1.19. The first-order valence-electron chi connectivity index (χ1n) is 4.62. The molecule has 4 heteroatoms. The molecule has 2 heterocycles. The molecular weight excluding hydrogens is 180 g/mol. The largest absolute Gasteiger partial charge is 0.454 e. The van der Waals surface area contributed by atoms with E-state index in [4.69, 9.17) is 9.47 Å². The fourth-order valence-corrected chi connectivity index (χ4v) is 1.71. The lowest BCUT2D eigenvalue weighted by molar-refractivity contribution is 0.174. The highest BCUT2D eigenvalue weighted by molar-refractivity contribution is 5.83. The summed E-state index contributed by atoms with van der Waals surface area (Å²) in [5.41, 5.74) is 5.32. The van der Waals surface area contributed by atoms with Crippen LogP contribution in [-0.2, 0) is 6.42 Å². The Morgan fingerprint density at radius 3 is 3.00 bits per heavy atom. The molecule has 0 saturated carbocycles. The number of nitrogens with one attached hydrogen (secondary N) is 1. The molecule has 3 rings (SSSR count). The summed E-state index contributed by atoms with van der Waals surface area (Å²) in [5.74, 6) is 1.66. The van der Waals surface area contributed by atoms with Crippen molar-refractivity contribution < 1.29 is 9.47 Å². The van der Waals surface area contributed by atoms with Crippen LogP contribution in [0.2, 0.25) is 0 Å². The Kier molecular flexibility index (Phi) is 1.59. The van der Waals surface area contributed by atoms with Crippen molar-refractivity contribution in [2.45, 2.75) is 6.42 Å². The lowest BCUT2D eigenvalue weighted by Gasteiger charge is -2.03. The van der Waals surface area contributed by atoms with E-state index >= 15 is 0 Å². The Balaban J connectivity index is 2.13. The molecule has 0 aliphatic carbocycles. The third kappa shape index (κ3) is 1.11. The molecule has 14 heavy (non-hydrogen) atoms. The Hall–Kier alpha value is -1.71. The zero-order valence-corrected chi connectivity index (χ0v) is 7.62. The summed E-state index contributed by atoms with van der Waals surface area (Å²) >= 11 is 0. The highest BCUT2D eigenvalue weighted by Gasteiger charge is 2.16. The van der Waals surface area contributed by atoms with Crippen LogP contribution in [0.25, 0.3) is 0 Å². The van der Waals surface area contributed by atoms with E-state index in [0.717, 1.165) is 30.0 Å². The molecule has 1 N–H and O–H groups in total. The van der Waals surface area contributed by atoms with Crippen LogP contribution in [0.3, 0.4) is 0 Å². The first-order chi connectivity index (χ1) is 6.93. The standard InChI is InChI=1S/C10H10N2O2/c1-2-11-12-5-8-4-10-9(3-7(1)8)13-6-14-10/h3-5,11H,1-2,6H2. The minimum absolute atomic E-state index is 0.327. The van der Waals surface area contributed by atoms with Crippen LogP contribution in [0.4, 0.5) is 0 Å². The van der Waals surface area contributed by atoms with Gasteiger partial charge in [0.15, 0.2) is 11.5 Å². The van der Waals surface area contributed by atoms with Gasteiger partial charge in [-0.1, -0.05) is 0 Å². The Morgan fingerprint density at radius 2 is 2.07 bits per heavy atom. The number of nitrogens with zero attached hydrogens (tertiary/aromatic N) is 1. The topological polar surface area (TPSA) is 42.9 Å². The average molecular weight is 190 g/mol. The minimum atomic E-state index is 0.327. The van der Waals surface area contributed by atoms with Gasteiger partial charge in [0, 0.05) is 12.1 Å². The Labute approximate surface area is 81.5 Å². The van der Waals surface area contributed by atoms with Gasteiger partial charge in [0.25, 0.3) is 0 Å². The van der Waals surface area contributed by atoms with Crippen molar-refractivity contribution >= 4 is 6.21 Å². The smallest absolute Gasteiger partial charge is 0.231 e. The van der Waals surface area contributed by atoms with Crippen LogP contribution >= 0.6 is 0 Å². The molecule has 2 aliphatic heterocycles. The maximum atomic E-state index is 5.32. The molecule has 1 aromatic rings. The highest BCUT2D eigenvalue weighted by Crippen LogP contribution is 2.34. The molecule has 4 nitrogen and oxygen atoms in total. The molecular formula is C10H10N2O2. The number of ether oxygens (including phenoxy) is 2. The fourth-order valence-electron chi connectivity index (χ4n) is 1.71. The first kappa shape index (κ1) is 7.67. The Morgan fingerprint density at radius 1 is 1.21 bits per heavy atom. The molecule has 1 aromatic carbocycles. The third-order valence-corrected chi connectivity index (χ3v) is 2.44. The van der Waals surface area contributed by atoms with Crippen molar-refractivity contribution in [2.24, 2.45) is 5.10 Å². The van der Waals surface area contributed by atoms with Crippen molar-refractivity contribution in [3.8, 4) is 11.5 Å². The fraction of sp³-hybridized carbons (Fsp3) is 0.300. The maximum absolute atomic E-state index is 5.32. The van der Waals surface area contributed by atoms with Gasteiger partial charge in [-0.15, -0.1) is 0 Å². The van der Waals surface area contributed by atoms with Gasteiger partial charge in [0.2, 0.25) is 6.79 Å². The number of hydrogen-bond acceptors (Lipinski definition) is 4. The van der Waals surface area contributed by atoms with Gasteiger partial charge in [-0.05, 0) is 24.1 Å². The minimum Gasteiger partial charge on any atom is -0.454 e. The van der Waals surface area contributed by atoms with Gasteiger partial charge in [-0.3, -0.25) is 0 Å². The van der Waals surface area contributed by atoms with Crippen LogP contribution in [-0.4, -0.2) is 19.6 Å². The molecule has 2 aliphatic rings. The van der Waals surface area contributed by atoms with Gasteiger partial charge < -0.3 is 14.9 Å². The second-order valence-corrected chi connectivity index (χ2v) is 3.32. The van der Waals surface area contributed by atoms with E-state index in [1.165, 1.54) is 5.56 Å². The normalized spacial score (nSPS) is 17.1. The molecule has 0 fully saturated rings. The summed E-state index contributed by atoms with van der Waals surface area (Å²) in [7, 11) is 0. The molecule has 0 unspecified atom stereocenters. The van der Waals surface area contributed by atoms with Crippen LogP contribution in [0, 0.1) is 0 Å². The van der Waals surface area contributed by atoms with E-state index in [-0.39, 0.29) is 0 Å². The number of rotatable bonds is 0. The second-order valence-electron chi connectivity index (χ2n) is 3.32. The zero-order valence-electron chi connectivity index (χ0n) is 7.62.